The van der Waals surface area contributed by atoms with Crippen molar-refractivity contribution in [1.82, 2.24) is 0 Å². The Morgan fingerprint density at radius 1 is 1.09 bits per heavy atom. The monoisotopic (exact) mass is 250 g/mol. The molecule has 0 heterocycles. The van der Waals surface area contributed by atoms with Crippen molar-refractivity contribution in [2.45, 2.75) is 27.7 Å². The second kappa shape index (κ2) is 5.81. The van der Waals surface area contributed by atoms with Crippen LogP contribution in [0.4, 0.5) is 0 Å². The molecule has 0 atom stereocenters. The molecule has 0 bridgehead atoms. The zero-order valence-electron chi connectivity index (χ0n) is 7.35. The number of rotatable bonds is 3. The molecule has 0 aromatic heterocycles. The van der Waals surface area contributed by atoms with Crippen LogP contribution in [0.2, 0.25) is 0 Å². The van der Waals surface area contributed by atoms with E-state index < -0.39 is 5.97 Å². The summed E-state index contributed by atoms with van der Waals surface area (Å²) < 4.78 is 0. The Balaban J connectivity index is 0. The molecule has 0 radical (unpaired) electrons. The molecule has 0 saturated heterocycles. The van der Waals surface area contributed by atoms with Crippen LogP contribution in [0, 0.1) is 17.8 Å². The van der Waals surface area contributed by atoms with Crippen LogP contribution in [0.15, 0.2) is 0 Å². The Bertz CT molecular complexity index is 113. The van der Waals surface area contributed by atoms with Crippen LogP contribution in [0.25, 0.3) is 0 Å². The Labute approximate surface area is 83.9 Å². The quantitative estimate of drug-likeness (QED) is 0.691. The van der Waals surface area contributed by atoms with Crippen molar-refractivity contribution in [3.63, 3.8) is 0 Å². The number of hydrogen-bond acceptors (Lipinski definition) is 2. The summed E-state index contributed by atoms with van der Waals surface area (Å²) in [6.45, 7) is 7.61. The van der Waals surface area contributed by atoms with Gasteiger partial charge in [-0.3, -0.25) is 0 Å². The molecule has 0 aromatic rings. The van der Waals surface area contributed by atoms with Gasteiger partial charge in [0.1, 0.15) is 0 Å². The van der Waals surface area contributed by atoms with Crippen molar-refractivity contribution in [1.29, 1.82) is 0 Å². The SMILES string of the molecule is CC(C)C(C(=O)[O-])C(C)C.[Ag+]. The van der Waals surface area contributed by atoms with Crippen molar-refractivity contribution in [2.75, 3.05) is 0 Å². The molecule has 0 aliphatic rings. The van der Waals surface area contributed by atoms with Crippen LogP contribution < -0.4 is 5.11 Å². The van der Waals surface area contributed by atoms with Gasteiger partial charge in [0.2, 0.25) is 0 Å². The molecule has 0 aliphatic carbocycles. The predicted molar refractivity (Wildman–Crippen MR) is 38.2 cm³/mol. The Kier molecular flexibility index (Phi) is 7.28. The van der Waals surface area contributed by atoms with E-state index >= 15 is 0 Å². The van der Waals surface area contributed by atoms with Crippen LogP contribution in [0.1, 0.15) is 27.7 Å². The molecular weight excluding hydrogens is 236 g/mol. The molecule has 0 amide bonds. The summed E-state index contributed by atoms with van der Waals surface area (Å²) in [6.07, 6.45) is 0. The fourth-order valence-corrected chi connectivity index (χ4v) is 1.31. The van der Waals surface area contributed by atoms with E-state index in [9.17, 15) is 9.90 Å². The number of carboxylic acid groups (broad SMARTS) is 1. The van der Waals surface area contributed by atoms with Crippen molar-refractivity contribution in [2.24, 2.45) is 17.8 Å². The molecule has 0 unspecified atom stereocenters. The standard InChI is InChI=1S/C8H16O2.Ag/c1-5(2)7(6(3)4)8(9)10;/h5-7H,1-4H3,(H,9,10);/q;+1/p-1. The first-order chi connectivity index (χ1) is 4.46. The average molecular weight is 251 g/mol. The van der Waals surface area contributed by atoms with E-state index in [1.807, 2.05) is 27.7 Å². The van der Waals surface area contributed by atoms with E-state index in [4.69, 9.17) is 0 Å². The molecule has 0 spiro atoms. The van der Waals surface area contributed by atoms with E-state index in [1.54, 1.807) is 0 Å². The summed E-state index contributed by atoms with van der Waals surface area (Å²) in [7, 11) is 0. The zero-order valence-corrected chi connectivity index (χ0v) is 8.83. The van der Waals surface area contributed by atoms with Crippen molar-refractivity contribution < 1.29 is 32.3 Å². The van der Waals surface area contributed by atoms with Crippen LogP contribution in [-0.4, -0.2) is 5.97 Å². The van der Waals surface area contributed by atoms with Crippen molar-refractivity contribution >= 4 is 5.97 Å². The van der Waals surface area contributed by atoms with Gasteiger partial charge in [0.05, 0.1) is 0 Å². The van der Waals surface area contributed by atoms with Gasteiger partial charge in [-0.2, -0.15) is 0 Å². The van der Waals surface area contributed by atoms with E-state index in [-0.39, 0.29) is 40.1 Å². The Morgan fingerprint density at radius 2 is 1.36 bits per heavy atom. The summed E-state index contributed by atoms with van der Waals surface area (Å²) in [5.74, 6) is -0.889. The maximum Gasteiger partial charge on any atom is 1.00 e. The first-order valence-electron chi connectivity index (χ1n) is 3.67. The molecule has 11 heavy (non-hydrogen) atoms. The normalized spacial score (nSPS) is 10.5. The van der Waals surface area contributed by atoms with Gasteiger partial charge in [-0.15, -0.1) is 0 Å². The minimum Gasteiger partial charge on any atom is -0.550 e. The number of hydrogen-bond donors (Lipinski definition) is 0. The van der Waals surface area contributed by atoms with E-state index in [1.165, 1.54) is 0 Å². The molecule has 0 aromatic carbocycles. The molecule has 0 N–H and O–H groups in total. The maximum atomic E-state index is 10.5. The fourth-order valence-electron chi connectivity index (χ4n) is 1.31. The van der Waals surface area contributed by atoms with Gasteiger partial charge in [0, 0.05) is 11.9 Å². The number of carboxylic acids is 1. The van der Waals surface area contributed by atoms with E-state index in [2.05, 4.69) is 0 Å². The summed E-state index contributed by atoms with van der Waals surface area (Å²) in [6, 6.07) is 0. The number of aliphatic carboxylic acids is 1. The number of carbonyl (C=O) groups excluding carboxylic acids is 1. The second-order valence-corrected chi connectivity index (χ2v) is 3.33. The van der Waals surface area contributed by atoms with Gasteiger partial charge < -0.3 is 9.90 Å². The summed E-state index contributed by atoms with van der Waals surface area (Å²) >= 11 is 0. The fraction of sp³-hybridized carbons (Fsp3) is 0.875. The summed E-state index contributed by atoms with van der Waals surface area (Å²) in [5, 5.41) is 10.5. The van der Waals surface area contributed by atoms with Gasteiger partial charge >= 0.3 is 22.4 Å². The molecule has 0 rings (SSSR count). The second-order valence-electron chi connectivity index (χ2n) is 3.33. The first-order valence-corrected chi connectivity index (χ1v) is 3.67. The molecule has 0 saturated carbocycles. The summed E-state index contributed by atoms with van der Waals surface area (Å²) in [5.41, 5.74) is 0. The Hall–Kier alpha value is 0.210. The van der Waals surface area contributed by atoms with Gasteiger partial charge in [0.25, 0.3) is 0 Å². The minimum absolute atomic E-state index is 0. The molecule has 0 aliphatic heterocycles. The molecule has 2 nitrogen and oxygen atoms in total. The molecular formula is C8H15AgO2. The van der Waals surface area contributed by atoms with Crippen molar-refractivity contribution in [3.05, 3.63) is 0 Å². The Morgan fingerprint density at radius 3 is 1.36 bits per heavy atom. The van der Waals surface area contributed by atoms with Crippen molar-refractivity contribution in [3.8, 4) is 0 Å². The third kappa shape index (κ3) is 4.62. The zero-order chi connectivity index (χ0) is 8.31. The molecule has 70 valence electrons. The van der Waals surface area contributed by atoms with Gasteiger partial charge in [-0.05, 0) is 11.8 Å². The number of carbonyl (C=O) groups is 1. The van der Waals surface area contributed by atoms with Crippen LogP contribution in [0.3, 0.4) is 0 Å². The maximum absolute atomic E-state index is 10.5. The topological polar surface area (TPSA) is 40.1 Å². The first kappa shape index (κ1) is 13.8. The van der Waals surface area contributed by atoms with E-state index in [0.717, 1.165) is 0 Å². The van der Waals surface area contributed by atoms with Crippen LogP contribution in [-0.2, 0) is 27.2 Å². The largest absolute Gasteiger partial charge is 1.00 e. The van der Waals surface area contributed by atoms with E-state index in [0.29, 0.717) is 0 Å². The predicted octanol–water partition coefficient (Wildman–Crippen LogP) is 0.662. The summed E-state index contributed by atoms with van der Waals surface area (Å²) in [4.78, 5) is 10.5. The minimum atomic E-state index is -0.926. The smallest absolute Gasteiger partial charge is 0.550 e. The van der Waals surface area contributed by atoms with Crippen LogP contribution in [0.5, 0.6) is 0 Å². The van der Waals surface area contributed by atoms with Gasteiger partial charge in [-0.1, -0.05) is 27.7 Å². The average Bonchev–Trinajstić information content (AvgIpc) is 1.59. The van der Waals surface area contributed by atoms with Crippen LogP contribution >= 0.6 is 0 Å². The third-order valence-corrected chi connectivity index (χ3v) is 1.71. The van der Waals surface area contributed by atoms with Gasteiger partial charge in [-0.25, -0.2) is 0 Å². The molecule has 0 fully saturated rings. The third-order valence-electron chi connectivity index (χ3n) is 1.71. The van der Waals surface area contributed by atoms with Gasteiger partial charge in [0.15, 0.2) is 0 Å². The molecule has 3 heteroatoms.